The van der Waals surface area contributed by atoms with E-state index in [1.807, 2.05) is 36.7 Å². The van der Waals surface area contributed by atoms with Crippen LogP contribution in [0.4, 0.5) is 0 Å². The number of benzene rings is 1. The van der Waals surface area contributed by atoms with Crippen LogP contribution in [0.3, 0.4) is 0 Å². The molecule has 14 heavy (non-hydrogen) atoms. The number of fused-ring (bicyclic) bond motifs is 1. The molecule has 0 unspecified atom stereocenters. The molecule has 1 nitrogen and oxygen atoms in total. The van der Waals surface area contributed by atoms with Crippen LogP contribution in [0.25, 0.3) is 16.8 Å². The summed E-state index contributed by atoms with van der Waals surface area (Å²) in [5.74, 6) is 0.531. The first-order valence-corrected chi connectivity index (χ1v) is 5.00. The van der Waals surface area contributed by atoms with Crippen molar-refractivity contribution in [3.63, 3.8) is 0 Å². The lowest BCUT2D eigenvalue weighted by molar-refractivity contribution is 1.35. The molecular weight excluding hydrogens is 194 g/mol. The zero-order valence-corrected chi connectivity index (χ0v) is 8.41. The highest BCUT2D eigenvalue weighted by molar-refractivity contribution is 6.19. The molecule has 2 aromatic rings. The van der Waals surface area contributed by atoms with Gasteiger partial charge in [0.1, 0.15) is 0 Å². The molecule has 1 aromatic carbocycles. The van der Waals surface area contributed by atoms with Gasteiger partial charge >= 0.3 is 0 Å². The van der Waals surface area contributed by atoms with Crippen molar-refractivity contribution in [1.29, 1.82) is 0 Å². The highest BCUT2D eigenvalue weighted by Gasteiger charge is 1.96. The Hall–Kier alpha value is -1.34. The molecular formula is C12H10ClN. The van der Waals surface area contributed by atoms with E-state index in [9.17, 15) is 0 Å². The van der Waals surface area contributed by atoms with Crippen molar-refractivity contribution in [3.8, 4) is 0 Å². The molecule has 0 radical (unpaired) electrons. The average Bonchev–Trinajstić information content (AvgIpc) is 2.26. The van der Waals surface area contributed by atoms with Crippen LogP contribution < -0.4 is 0 Å². The summed E-state index contributed by atoms with van der Waals surface area (Å²) in [7, 11) is 0. The summed E-state index contributed by atoms with van der Waals surface area (Å²) in [5.41, 5.74) is 1.11. The van der Waals surface area contributed by atoms with Crippen LogP contribution in [0.2, 0.25) is 0 Å². The van der Waals surface area contributed by atoms with Gasteiger partial charge in [0.25, 0.3) is 0 Å². The van der Waals surface area contributed by atoms with Gasteiger partial charge in [-0.15, -0.1) is 11.6 Å². The molecule has 0 aliphatic carbocycles. The van der Waals surface area contributed by atoms with E-state index in [1.54, 1.807) is 0 Å². The lowest BCUT2D eigenvalue weighted by atomic mass is 10.1. The van der Waals surface area contributed by atoms with Crippen LogP contribution in [0.15, 0.2) is 42.7 Å². The summed E-state index contributed by atoms with van der Waals surface area (Å²) < 4.78 is 0. The third kappa shape index (κ3) is 1.78. The zero-order valence-electron chi connectivity index (χ0n) is 7.65. The molecule has 2 heteroatoms. The average molecular weight is 204 g/mol. The standard InChI is InChI=1S/C12H10ClN/c13-7-3-5-11-9-14-8-10-4-1-2-6-12(10)11/h1-6,8-9H,7H2/b5-3+. The summed E-state index contributed by atoms with van der Waals surface area (Å²) in [6.07, 6.45) is 7.64. The number of rotatable bonds is 2. The largest absolute Gasteiger partial charge is 0.263 e. The van der Waals surface area contributed by atoms with Crippen molar-refractivity contribution in [2.24, 2.45) is 0 Å². The number of nitrogens with zero attached hydrogens (tertiary/aromatic N) is 1. The van der Waals surface area contributed by atoms with E-state index in [2.05, 4.69) is 17.1 Å². The summed E-state index contributed by atoms with van der Waals surface area (Å²) >= 11 is 5.60. The highest BCUT2D eigenvalue weighted by atomic mass is 35.5. The van der Waals surface area contributed by atoms with Gasteiger partial charge in [-0.05, 0) is 5.39 Å². The maximum atomic E-state index is 5.60. The lowest BCUT2D eigenvalue weighted by Crippen LogP contribution is -1.80. The molecule has 1 aromatic heterocycles. The SMILES string of the molecule is ClC/C=C/c1cncc2ccccc12. The summed E-state index contributed by atoms with van der Waals surface area (Å²) in [5, 5.41) is 2.37. The van der Waals surface area contributed by atoms with E-state index < -0.39 is 0 Å². The first-order chi connectivity index (χ1) is 6.92. The fourth-order valence-corrected chi connectivity index (χ4v) is 1.53. The lowest BCUT2D eigenvalue weighted by Gasteiger charge is -2.00. The second-order valence-electron chi connectivity index (χ2n) is 3.01. The Bertz CT molecular complexity index is 457. The van der Waals surface area contributed by atoms with Gasteiger partial charge in [0, 0.05) is 29.2 Å². The van der Waals surface area contributed by atoms with Crippen LogP contribution in [0, 0.1) is 0 Å². The Morgan fingerprint density at radius 3 is 2.93 bits per heavy atom. The minimum absolute atomic E-state index is 0.531. The molecule has 0 bridgehead atoms. The van der Waals surface area contributed by atoms with Gasteiger partial charge in [0.15, 0.2) is 0 Å². The number of hydrogen-bond acceptors (Lipinski definition) is 1. The molecule has 1 heterocycles. The molecule has 0 aliphatic rings. The van der Waals surface area contributed by atoms with Crippen LogP contribution in [0.5, 0.6) is 0 Å². The van der Waals surface area contributed by atoms with Crippen LogP contribution in [-0.2, 0) is 0 Å². The molecule has 0 aliphatic heterocycles. The number of aromatic nitrogens is 1. The number of hydrogen-bond donors (Lipinski definition) is 0. The predicted molar refractivity (Wildman–Crippen MR) is 61.5 cm³/mol. The normalized spacial score (nSPS) is 11.2. The van der Waals surface area contributed by atoms with Gasteiger partial charge in [-0.3, -0.25) is 4.98 Å². The van der Waals surface area contributed by atoms with Gasteiger partial charge in [0.2, 0.25) is 0 Å². The fourth-order valence-electron chi connectivity index (χ4n) is 1.44. The van der Waals surface area contributed by atoms with Gasteiger partial charge in [-0.2, -0.15) is 0 Å². The number of pyridine rings is 1. The van der Waals surface area contributed by atoms with Crippen molar-refractivity contribution in [2.75, 3.05) is 5.88 Å². The molecule has 0 amide bonds. The van der Waals surface area contributed by atoms with Gasteiger partial charge in [-0.1, -0.05) is 36.4 Å². The maximum absolute atomic E-state index is 5.60. The Labute approximate surface area is 88.0 Å². The van der Waals surface area contributed by atoms with E-state index in [4.69, 9.17) is 11.6 Å². The van der Waals surface area contributed by atoms with Crippen LogP contribution >= 0.6 is 11.6 Å². The topological polar surface area (TPSA) is 12.9 Å². The second kappa shape index (κ2) is 4.25. The molecule has 0 saturated heterocycles. The van der Waals surface area contributed by atoms with Crippen LogP contribution in [-0.4, -0.2) is 10.9 Å². The summed E-state index contributed by atoms with van der Waals surface area (Å²) in [4.78, 5) is 4.17. The minimum atomic E-state index is 0.531. The molecule has 0 saturated carbocycles. The first-order valence-electron chi connectivity index (χ1n) is 4.47. The van der Waals surface area contributed by atoms with Gasteiger partial charge in [-0.25, -0.2) is 0 Å². The number of halogens is 1. The zero-order chi connectivity index (χ0) is 9.80. The van der Waals surface area contributed by atoms with E-state index in [-0.39, 0.29) is 0 Å². The van der Waals surface area contributed by atoms with Crippen molar-refractivity contribution in [2.45, 2.75) is 0 Å². The second-order valence-corrected chi connectivity index (χ2v) is 3.32. The van der Waals surface area contributed by atoms with Crippen LogP contribution in [0.1, 0.15) is 5.56 Å². The van der Waals surface area contributed by atoms with Crippen molar-refractivity contribution < 1.29 is 0 Å². The minimum Gasteiger partial charge on any atom is -0.263 e. The van der Waals surface area contributed by atoms with E-state index in [1.165, 1.54) is 5.39 Å². The first kappa shape index (κ1) is 9.22. The summed E-state index contributed by atoms with van der Waals surface area (Å²) in [6.45, 7) is 0. The number of allylic oxidation sites excluding steroid dienone is 1. The monoisotopic (exact) mass is 203 g/mol. The molecule has 0 spiro atoms. The molecule has 0 fully saturated rings. The smallest absolute Gasteiger partial charge is 0.0407 e. The molecule has 0 atom stereocenters. The van der Waals surface area contributed by atoms with Gasteiger partial charge in [0.05, 0.1) is 0 Å². The van der Waals surface area contributed by atoms with Crippen molar-refractivity contribution >= 4 is 28.4 Å². The Morgan fingerprint density at radius 1 is 1.21 bits per heavy atom. The van der Waals surface area contributed by atoms with E-state index in [0.29, 0.717) is 5.88 Å². The summed E-state index contributed by atoms with van der Waals surface area (Å²) in [6, 6.07) is 8.19. The van der Waals surface area contributed by atoms with Crippen molar-refractivity contribution in [3.05, 3.63) is 48.3 Å². The molecule has 0 N–H and O–H groups in total. The Balaban J connectivity index is 2.59. The highest BCUT2D eigenvalue weighted by Crippen LogP contribution is 2.17. The van der Waals surface area contributed by atoms with Gasteiger partial charge < -0.3 is 0 Å². The van der Waals surface area contributed by atoms with E-state index in [0.717, 1.165) is 10.9 Å². The van der Waals surface area contributed by atoms with Crippen molar-refractivity contribution in [1.82, 2.24) is 4.98 Å². The Morgan fingerprint density at radius 2 is 2.07 bits per heavy atom. The predicted octanol–water partition coefficient (Wildman–Crippen LogP) is 3.49. The van der Waals surface area contributed by atoms with E-state index >= 15 is 0 Å². The Kier molecular flexibility index (Phi) is 2.80. The maximum Gasteiger partial charge on any atom is 0.0407 e. The molecule has 2 rings (SSSR count). The fraction of sp³-hybridized carbons (Fsp3) is 0.0833. The third-order valence-electron chi connectivity index (χ3n) is 2.09. The quantitative estimate of drug-likeness (QED) is 0.681. The third-order valence-corrected chi connectivity index (χ3v) is 2.26. The molecule has 70 valence electrons. The number of alkyl halides is 1.